The molecule has 0 aromatic heterocycles. The van der Waals surface area contributed by atoms with E-state index in [0.717, 1.165) is 5.56 Å². The van der Waals surface area contributed by atoms with Crippen LogP contribution in [0.5, 0.6) is 17.2 Å². The highest BCUT2D eigenvalue weighted by atomic mass is 16.5. The lowest BCUT2D eigenvalue weighted by atomic mass is 10.1. The summed E-state index contributed by atoms with van der Waals surface area (Å²) in [5.74, 6) is -0.639. The maximum absolute atomic E-state index is 12.1. The molecule has 2 aromatic carbocycles. The predicted molar refractivity (Wildman–Crippen MR) is 93.8 cm³/mol. The molecule has 0 heterocycles. The highest BCUT2D eigenvalue weighted by Crippen LogP contribution is 2.33. The van der Waals surface area contributed by atoms with Crippen molar-refractivity contribution < 1.29 is 28.9 Å². The number of aromatic carboxylic acids is 1. The van der Waals surface area contributed by atoms with E-state index in [1.54, 1.807) is 6.07 Å². The van der Waals surface area contributed by atoms with Crippen LogP contribution < -0.4 is 24.6 Å². The van der Waals surface area contributed by atoms with Crippen molar-refractivity contribution in [3.05, 3.63) is 47.5 Å². The van der Waals surface area contributed by atoms with Gasteiger partial charge in [0.05, 0.1) is 38.9 Å². The normalized spacial score (nSPS) is 10.1. The molecule has 0 aliphatic rings. The molecule has 0 atom stereocenters. The van der Waals surface area contributed by atoms with Gasteiger partial charge in [-0.15, -0.1) is 0 Å². The summed E-state index contributed by atoms with van der Waals surface area (Å²) in [7, 11) is 2.80. The average molecular weight is 358 g/mol. The lowest BCUT2D eigenvalue weighted by Crippen LogP contribution is -2.25. The minimum atomic E-state index is -1.43. The van der Waals surface area contributed by atoms with Gasteiger partial charge in [-0.2, -0.15) is 0 Å². The Labute approximate surface area is 151 Å². The van der Waals surface area contributed by atoms with Crippen LogP contribution in [0, 0.1) is 6.92 Å². The number of rotatable bonds is 8. The molecule has 0 spiro atoms. The smallest absolute Gasteiger partial charge is 0.227 e. The molecule has 0 saturated carbocycles. The number of hydrogen-bond donors (Lipinski definition) is 1. The highest BCUT2D eigenvalue weighted by Gasteiger charge is 2.14. The van der Waals surface area contributed by atoms with E-state index in [1.165, 1.54) is 26.4 Å². The fourth-order valence-electron chi connectivity index (χ4n) is 2.33. The third-order valence-electron chi connectivity index (χ3n) is 3.61. The van der Waals surface area contributed by atoms with E-state index in [1.807, 2.05) is 25.1 Å². The van der Waals surface area contributed by atoms with Crippen LogP contribution in [-0.4, -0.2) is 32.7 Å². The standard InChI is InChI=1S/C19H21NO6/c1-12-5-4-6-13(9-12)26-8-7-18(21)20-15-11-17(25-3)16(24-2)10-14(15)19(22)23/h4-6,9-11H,7-8H2,1-3H3,(H,20,21)(H,22,23)/p-1. The van der Waals surface area contributed by atoms with Crippen molar-refractivity contribution in [2.75, 3.05) is 26.1 Å². The van der Waals surface area contributed by atoms with Gasteiger partial charge in [0.1, 0.15) is 5.75 Å². The van der Waals surface area contributed by atoms with Gasteiger partial charge >= 0.3 is 0 Å². The number of ether oxygens (including phenoxy) is 3. The first-order valence-corrected chi connectivity index (χ1v) is 7.91. The minimum absolute atomic E-state index is 0.0504. The van der Waals surface area contributed by atoms with E-state index in [4.69, 9.17) is 14.2 Å². The zero-order chi connectivity index (χ0) is 19.1. The van der Waals surface area contributed by atoms with Gasteiger partial charge in [0.15, 0.2) is 11.5 Å². The molecular formula is C19H20NO6-. The SMILES string of the molecule is COc1cc(NC(=O)CCOc2cccc(C)c2)c(C(=O)[O-])cc1OC. The van der Waals surface area contributed by atoms with Gasteiger partial charge in [0.25, 0.3) is 0 Å². The Morgan fingerprint density at radius 1 is 1.08 bits per heavy atom. The largest absolute Gasteiger partial charge is 0.545 e. The predicted octanol–water partition coefficient (Wildman–Crippen LogP) is 1.78. The fraction of sp³-hybridized carbons (Fsp3) is 0.263. The second kappa shape index (κ2) is 8.75. The van der Waals surface area contributed by atoms with Crippen LogP contribution in [0.1, 0.15) is 22.3 Å². The fourth-order valence-corrected chi connectivity index (χ4v) is 2.33. The van der Waals surface area contributed by atoms with Gasteiger partial charge in [0.2, 0.25) is 5.91 Å². The Kier molecular flexibility index (Phi) is 6.43. The van der Waals surface area contributed by atoms with Crippen molar-refractivity contribution in [1.29, 1.82) is 0 Å². The molecule has 7 heteroatoms. The summed E-state index contributed by atoms with van der Waals surface area (Å²) in [6.07, 6.45) is 0.0504. The van der Waals surface area contributed by atoms with Gasteiger partial charge in [-0.25, -0.2) is 0 Å². The van der Waals surface area contributed by atoms with Gasteiger partial charge < -0.3 is 29.4 Å². The first-order chi connectivity index (χ1) is 12.4. The van der Waals surface area contributed by atoms with Gasteiger partial charge in [-0.05, 0) is 30.7 Å². The number of aryl methyl sites for hydroxylation is 1. The zero-order valence-electron chi connectivity index (χ0n) is 14.8. The van der Waals surface area contributed by atoms with Crippen molar-refractivity contribution in [2.24, 2.45) is 0 Å². The maximum Gasteiger partial charge on any atom is 0.227 e. The summed E-state index contributed by atoms with van der Waals surface area (Å²) < 4.78 is 15.7. The van der Waals surface area contributed by atoms with E-state index in [2.05, 4.69) is 5.32 Å². The molecule has 0 unspecified atom stereocenters. The molecule has 7 nitrogen and oxygen atoms in total. The lowest BCUT2D eigenvalue weighted by molar-refractivity contribution is -0.254. The molecule has 0 aliphatic carbocycles. The monoisotopic (exact) mass is 358 g/mol. The molecule has 1 amide bonds. The van der Waals surface area contributed by atoms with Crippen LogP contribution in [0.15, 0.2) is 36.4 Å². The van der Waals surface area contributed by atoms with Crippen LogP contribution in [0.2, 0.25) is 0 Å². The number of carboxylic acids is 1. The van der Waals surface area contributed by atoms with Crippen molar-refractivity contribution in [3.63, 3.8) is 0 Å². The number of benzene rings is 2. The van der Waals surface area contributed by atoms with E-state index in [0.29, 0.717) is 11.5 Å². The number of nitrogens with one attached hydrogen (secondary N) is 1. The third-order valence-corrected chi connectivity index (χ3v) is 3.61. The number of carbonyl (C=O) groups excluding carboxylic acids is 2. The van der Waals surface area contributed by atoms with Gasteiger partial charge in [-0.3, -0.25) is 4.79 Å². The summed E-state index contributed by atoms with van der Waals surface area (Å²) in [5.41, 5.74) is 0.926. The summed E-state index contributed by atoms with van der Waals surface area (Å²) in [5, 5.41) is 13.9. The quantitative estimate of drug-likeness (QED) is 0.773. The summed E-state index contributed by atoms with van der Waals surface area (Å²) >= 11 is 0. The Bertz CT molecular complexity index is 803. The van der Waals surface area contributed by atoms with E-state index in [-0.39, 0.29) is 30.0 Å². The van der Waals surface area contributed by atoms with Crippen molar-refractivity contribution in [1.82, 2.24) is 0 Å². The number of carbonyl (C=O) groups is 2. The molecule has 0 radical (unpaired) electrons. The summed E-state index contributed by atoms with van der Waals surface area (Å²) in [6, 6.07) is 10.1. The van der Waals surface area contributed by atoms with E-state index >= 15 is 0 Å². The van der Waals surface area contributed by atoms with Crippen molar-refractivity contribution in [3.8, 4) is 17.2 Å². The topological polar surface area (TPSA) is 96.9 Å². The zero-order valence-corrected chi connectivity index (χ0v) is 14.8. The Balaban J connectivity index is 2.04. The summed E-state index contributed by atoms with van der Waals surface area (Å²) in [6.45, 7) is 2.10. The van der Waals surface area contributed by atoms with Crippen LogP contribution >= 0.6 is 0 Å². The molecule has 2 rings (SSSR count). The highest BCUT2D eigenvalue weighted by molar-refractivity contribution is 6.00. The molecule has 0 bridgehead atoms. The second-order valence-corrected chi connectivity index (χ2v) is 5.50. The average Bonchev–Trinajstić information content (AvgIpc) is 2.61. The molecule has 26 heavy (non-hydrogen) atoms. The van der Waals surface area contributed by atoms with Crippen LogP contribution in [0.3, 0.4) is 0 Å². The van der Waals surface area contributed by atoms with E-state index in [9.17, 15) is 14.7 Å². The number of hydrogen-bond acceptors (Lipinski definition) is 6. The Morgan fingerprint density at radius 2 is 1.77 bits per heavy atom. The molecule has 1 N–H and O–H groups in total. The minimum Gasteiger partial charge on any atom is -0.545 e. The number of methoxy groups -OCH3 is 2. The Morgan fingerprint density at radius 3 is 2.38 bits per heavy atom. The molecule has 0 fully saturated rings. The van der Waals surface area contributed by atoms with Crippen molar-refractivity contribution in [2.45, 2.75) is 13.3 Å². The second-order valence-electron chi connectivity index (χ2n) is 5.50. The maximum atomic E-state index is 12.1. The number of amides is 1. The molecule has 138 valence electrons. The van der Waals surface area contributed by atoms with Crippen molar-refractivity contribution >= 4 is 17.6 Å². The molecule has 2 aromatic rings. The molecular weight excluding hydrogens is 338 g/mol. The van der Waals surface area contributed by atoms with Crippen LogP contribution in [-0.2, 0) is 4.79 Å². The first-order valence-electron chi connectivity index (χ1n) is 7.91. The Hall–Kier alpha value is -3.22. The van der Waals surface area contributed by atoms with Crippen LogP contribution in [0.4, 0.5) is 5.69 Å². The van der Waals surface area contributed by atoms with Gasteiger partial charge in [0, 0.05) is 11.6 Å². The first kappa shape index (κ1) is 19.1. The number of anilines is 1. The third kappa shape index (κ3) is 4.89. The van der Waals surface area contributed by atoms with E-state index < -0.39 is 11.9 Å². The van der Waals surface area contributed by atoms with Crippen LogP contribution in [0.25, 0.3) is 0 Å². The lowest BCUT2D eigenvalue weighted by Gasteiger charge is -2.16. The van der Waals surface area contributed by atoms with Gasteiger partial charge in [-0.1, -0.05) is 12.1 Å². The summed E-state index contributed by atoms with van der Waals surface area (Å²) in [4.78, 5) is 23.4. The molecule has 0 aliphatic heterocycles. The number of carboxylic acid groups (broad SMARTS) is 1. The molecule has 0 saturated heterocycles.